The minimum absolute atomic E-state index is 0.0622. The Balaban J connectivity index is 1.81. The van der Waals surface area contributed by atoms with Gasteiger partial charge in [0.05, 0.1) is 18.1 Å². The molecule has 21 heavy (non-hydrogen) atoms. The Labute approximate surface area is 133 Å². The number of hydrogen-bond donors (Lipinski definition) is 1. The summed E-state index contributed by atoms with van der Waals surface area (Å²) in [6.45, 7) is 0.899. The minimum atomic E-state index is -2.96. The van der Waals surface area contributed by atoms with E-state index in [0.29, 0.717) is 13.0 Å². The Morgan fingerprint density at radius 2 is 2.14 bits per heavy atom. The van der Waals surface area contributed by atoms with E-state index in [0.717, 1.165) is 10.0 Å². The highest BCUT2D eigenvalue weighted by molar-refractivity contribution is 9.10. The van der Waals surface area contributed by atoms with Crippen molar-refractivity contribution in [2.24, 2.45) is 0 Å². The molecule has 116 valence electrons. The lowest BCUT2D eigenvalue weighted by Crippen LogP contribution is -2.41. The first-order chi connectivity index (χ1) is 9.85. The number of nitrogens with one attached hydrogen (secondary N) is 1. The van der Waals surface area contributed by atoms with Gasteiger partial charge in [0, 0.05) is 17.1 Å². The van der Waals surface area contributed by atoms with E-state index in [4.69, 9.17) is 0 Å². The molecule has 1 N–H and O–H groups in total. The van der Waals surface area contributed by atoms with Crippen LogP contribution >= 0.6 is 15.9 Å². The smallest absolute Gasteiger partial charge is 0.234 e. The number of carbonyl (C=O) groups excluding carboxylic acids is 1. The molecule has 0 spiro atoms. The molecule has 0 unspecified atom stereocenters. The number of sulfone groups is 1. The third kappa shape index (κ3) is 5.09. The monoisotopic (exact) mass is 374 g/mol. The van der Waals surface area contributed by atoms with E-state index >= 15 is 0 Å². The average Bonchev–Trinajstić information content (AvgIpc) is 2.71. The summed E-state index contributed by atoms with van der Waals surface area (Å²) < 4.78 is 23.7. The molecule has 7 heteroatoms. The van der Waals surface area contributed by atoms with Crippen molar-refractivity contribution in [3.63, 3.8) is 0 Å². The van der Waals surface area contributed by atoms with Gasteiger partial charge in [0.2, 0.25) is 5.91 Å². The molecule has 1 amide bonds. The zero-order valence-corrected chi connectivity index (χ0v) is 14.3. The largest absolute Gasteiger partial charge is 0.351 e. The lowest BCUT2D eigenvalue weighted by Gasteiger charge is -2.18. The van der Waals surface area contributed by atoms with Crippen LogP contribution in [0.15, 0.2) is 28.7 Å². The maximum Gasteiger partial charge on any atom is 0.234 e. The molecule has 0 aromatic heterocycles. The summed E-state index contributed by atoms with van der Waals surface area (Å²) in [6, 6.07) is 7.63. The standard InChI is InChI=1S/C14H19BrN2O3S/c1-17(8-11-4-2-3-5-13(11)15)9-14(18)16-12-6-7-21(19,20)10-12/h2-5,12H,6-10H2,1H3,(H,16,18)/t12-/m1/s1. The summed E-state index contributed by atoms with van der Waals surface area (Å²) in [5.41, 5.74) is 1.11. The highest BCUT2D eigenvalue weighted by atomic mass is 79.9. The van der Waals surface area contributed by atoms with Crippen molar-refractivity contribution in [1.29, 1.82) is 0 Å². The van der Waals surface area contributed by atoms with Crippen molar-refractivity contribution in [2.45, 2.75) is 19.0 Å². The normalized spacial score (nSPS) is 20.6. The molecule has 1 atom stereocenters. The van der Waals surface area contributed by atoms with Crippen molar-refractivity contribution in [2.75, 3.05) is 25.1 Å². The molecule has 1 saturated heterocycles. The van der Waals surface area contributed by atoms with Gasteiger partial charge in [-0.2, -0.15) is 0 Å². The summed E-state index contributed by atoms with van der Waals surface area (Å²) >= 11 is 3.48. The van der Waals surface area contributed by atoms with Crippen LogP contribution in [0.5, 0.6) is 0 Å². The number of amides is 1. The van der Waals surface area contributed by atoms with Gasteiger partial charge < -0.3 is 5.32 Å². The molecular weight excluding hydrogens is 356 g/mol. The maximum atomic E-state index is 11.9. The number of carbonyl (C=O) groups is 1. The highest BCUT2D eigenvalue weighted by Gasteiger charge is 2.28. The molecule has 1 fully saturated rings. The van der Waals surface area contributed by atoms with E-state index in [2.05, 4.69) is 21.2 Å². The van der Waals surface area contributed by atoms with Crippen LogP contribution in [0.25, 0.3) is 0 Å². The Bertz CT molecular complexity index is 618. The fourth-order valence-corrected chi connectivity index (χ4v) is 4.48. The molecular formula is C14H19BrN2O3S. The van der Waals surface area contributed by atoms with E-state index < -0.39 is 9.84 Å². The fourth-order valence-electron chi connectivity index (χ4n) is 2.40. The number of nitrogens with zero attached hydrogens (tertiary/aromatic N) is 1. The van der Waals surface area contributed by atoms with Crippen LogP contribution in [0.2, 0.25) is 0 Å². The van der Waals surface area contributed by atoms with Crippen LogP contribution in [-0.4, -0.2) is 50.4 Å². The van der Waals surface area contributed by atoms with Gasteiger partial charge in [0.15, 0.2) is 9.84 Å². The SMILES string of the molecule is CN(CC(=O)N[C@@H]1CCS(=O)(=O)C1)Cc1ccccc1Br. The summed E-state index contributed by atoms with van der Waals surface area (Å²) in [5, 5.41) is 2.79. The van der Waals surface area contributed by atoms with Gasteiger partial charge in [-0.05, 0) is 25.1 Å². The van der Waals surface area contributed by atoms with Crippen LogP contribution in [0.4, 0.5) is 0 Å². The van der Waals surface area contributed by atoms with Crippen LogP contribution in [0.1, 0.15) is 12.0 Å². The van der Waals surface area contributed by atoms with Gasteiger partial charge in [-0.15, -0.1) is 0 Å². The van der Waals surface area contributed by atoms with Gasteiger partial charge in [0.25, 0.3) is 0 Å². The van der Waals surface area contributed by atoms with E-state index in [1.165, 1.54) is 0 Å². The number of halogens is 1. The third-order valence-electron chi connectivity index (χ3n) is 3.41. The lowest BCUT2D eigenvalue weighted by molar-refractivity contribution is -0.122. The molecule has 5 nitrogen and oxygen atoms in total. The second kappa shape index (κ2) is 6.89. The van der Waals surface area contributed by atoms with Gasteiger partial charge in [-0.3, -0.25) is 9.69 Å². The first-order valence-corrected chi connectivity index (χ1v) is 9.39. The molecule has 0 aliphatic carbocycles. The number of likely N-dealkylation sites (N-methyl/N-ethyl adjacent to an activating group) is 1. The quantitative estimate of drug-likeness (QED) is 0.840. The van der Waals surface area contributed by atoms with Crippen LogP contribution in [0, 0.1) is 0 Å². The van der Waals surface area contributed by atoms with E-state index in [9.17, 15) is 13.2 Å². The zero-order valence-electron chi connectivity index (χ0n) is 11.9. The Hall–Kier alpha value is -0.920. The first kappa shape index (κ1) is 16.5. The fraction of sp³-hybridized carbons (Fsp3) is 0.500. The van der Waals surface area contributed by atoms with Crippen molar-refractivity contribution in [3.05, 3.63) is 34.3 Å². The van der Waals surface area contributed by atoms with Crippen LogP contribution in [-0.2, 0) is 21.2 Å². The molecule has 0 bridgehead atoms. The maximum absolute atomic E-state index is 11.9. The topological polar surface area (TPSA) is 66.5 Å². The third-order valence-corrected chi connectivity index (χ3v) is 5.95. The van der Waals surface area contributed by atoms with Gasteiger partial charge in [0.1, 0.15) is 0 Å². The summed E-state index contributed by atoms with van der Waals surface area (Å²) in [4.78, 5) is 13.8. The van der Waals surface area contributed by atoms with E-state index in [1.54, 1.807) is 0 Å². The Morgan fingerprint density at radius 1 is 1.43 bits per heavy atom. The molecule has 1 heterocycles. The van der Waals surface area contributed by atoms with Gasteiger partial charge in [-0.1, -0.05) is 34.1 Å². The summed E-state index contributed by atoms with van der Waals surface area (Å²) in [7, 11) is -1.09. The van der Waals surface area contributed by atoms with Crippen LogP contribution < -0.4 is 5.32 Å². The molecule has 1 aromatic carbocycles. The van der Waals surface area contributed by atoms with E-state index in [-0.39, 0.29) is 30.0 Å². The molecule has 2 rings (SSSR count). The average molecular weight is 375 g/mol. The summed E-state index contributed by atoms with van der Waals surface area (Å²) in [5.74, 6) is 0.101. The molecule has 1 aromatic rings. The van der Waals surface area contributed by atoms with Gasteiger partial charge in [-0.25, -0.2) is 8.42 Å². The Morgan fingerprint density at radius 3 is 2.76 bits per heavy atom. The predicted molar refractivity (Wildman–Crippen MR) is 85.7 cm³/mol. The van der Waals surface area contributed by atoms with Crippen molar-refractivity contribution >= 4 is 31.7 Å². The molecule has 0 radical (unpaired) electrons. The second-order valence-corrected chi connectivity index (χ2v) is 8.51. The molecule has 1 aliphatic rings. The zero-order chi connectivity index (χ0) is 15.5. The van der Waals surface area contributed by atoms with Gasteiger partial charge >= 0.3 is 0 Å². The minimum Gasteiger partial charge on any atom is -0.351 e. The molecule has 0 saturated carbocycles. The number of benzene rings is 1. The van der Waals surface area contributed by atoms with Crippen molar-refractivity contribution < 1.29 is 13.2 Å². The van der Waals surface area contributed by atoms with E-state index in [1.807, 2.05) is 36.2 Å². The molecule has 1 aliphatic heterocycles. The van der Waals surface area contributed by atoms with Crippen LogP contribution in [0.3, 0.4) is 0 Å². The van der Waals surface area contributed by atoms with Crippen molar-refractivity contribution in [1.82, 2.24) is 10.2 Å². The summed E-state index contributed by atoms with van der Waals surface area (Å²) in [6.07, 6.45) is 0.516. The lowest BCUT2D eigenvalue weighted by atomic mass is 10.2. The number of hydrogen-bond acceptors (Lipinski definition) is 4. The highest BCUT2D eigenvalue weighted by Crippen LogP contribution is 2.17. The first-order valence-electron chi connectivity index (χ1n) is 6.77. The number of rotatable bonds is 5. The predicted octanol–water partition coefficient (Wildman–Crippen LogP) is 1.18. The second-order valence-electron chi connectivity index (χ2n) is 5.43. The Kier molecular flexibility index (Phi) is 5.40. The van der Waals surface area contributed by atoms with Crippen molar-refractivity contribution in [3.8, 4) is 0 Å².